The van der Waals surface area contributed by atoms with E-state index >= 15 is 0 Å². The molecule has 2 aromatic heterocycles. The van der Waals surface area contributed by atoms with Crippen LogP contribution in [0.5, 0.6) is 11.8 Å². The molecule has 194 valence electrons. The number of halogens is 2. The number of likely N-dealkylation sites (tertiary alicyclic amines) is 1. The van der Waals surface area contributed by atoms with E-state index < -0.39 is 0 Å². The molecule has 0 spiro atoms. The van der Waals surface area contributed by atoms with Gasteiger partial charge in [-0.1, -0.05) is 23.2 Å². The molecule has 0 unspecified atom stereocenters. The average Bonchev–Trinajstić information content (AvgIpc) is 3.66. The standard InChI is InChI=1S/C28H32Cl2N6O/c1-34-8-10-36(11-9-34)26-2-3-27(33-32-26)37-28-13-19(18-35-6-4-20-14-21(20)5-7-35)12-25(31-28)22-15-23(29)17-24(30)16-22/h2-3,12-13,15-17,20-21H,4-11,14,18H2,1H3/t20-,21+. The molecule has 1 aliphatic carbocycles. The minimum absolute atomic E-state index is 0.424. The van der Waals surface area contributed by atoms with Crippen molar-refractivity contribution in [2.45, 2.75) is 25.8 Å². The van der Waals surface area contributed by atoms with Crippen molar-refractivity contribution in [1.82, 2.24) is 25.0 Å². The highest BCUT2D eigenvalue weighted by Crippen LogP contribution is 2.45. The van der Waals surface area contributed by atoms with Crippen LogP contribution in [-0.4, -0.2) is 71.3 Å². The molecule has 0 bridgehead atoms. The maximum atomic E-state index is 6.31. The van der Waals surface area contributed by atoms with Gasteiger partial charge in [-0.05, 0) is 87.1 Å². The molecule has 37 heavy (non-hydrogen) atoms. The summed E-state index contributed by atoms with van der Waals surface area (Å²) in [5.41, 5.74) is 2.78. The zero-order valence-electron chi connectivity index (χ0n) is 21.1. The van der Waals surface area contributed by atoms with Crippen molar-refractivity contribution in [3.63, 3.8) is 0 Å². The fourth-order valence-corrected chi connectivity index (χ4v) is 6.00. The van der Waals surface area contributed by atoms with Gasteiger partial charge in [0.05, 0.1) is 5.69 Å². The monoisotopic (exact) mass is 538 g/mol. The molecule has 0 N–H and O–H groups in total. The van der Waals surface area contributed by atoms with Crippen LogP contribution in [0.25, 0.3) is 11.3 Å². The molecule has 3 aromatic rings. The van der Waals surface area contributed by atoms with E-state index in [4.69, 9.17) is 32.9 Å². The Morgan fingerprint density at radius 3 is 2.24 bits per heavy atom. The molecule has 7 nitrogen and oxygen atoms in total. The van der Waals surface area contributed by atoms with Crippen LogP contribution in [0.15, 0.2) is 42.5 Å². The number of piperazine rings is 1. The molecule has 6 rings (SSSR count). The Labute approximate surface area is 228 Å². The summed E-state index contributed by atoms with van der Waals surface area (Å²) >= 11 is 12.6. The maximum absolute atomic E-state index is 6.31. The predicted octanol–water partition coefficient (Wildman–Crippen LogP) is 5.62. The summed E-state index contributed by atoms with van der Waals surface area (Å²) in [5, 5.41) is 9.93. The molecule has 1 saturated carbocycles. The Hall–Kier alpha value is -2.45. The summed E-state index contributed by atoms with van der Waals surface area (Å²) in [6.45, 7) is 7.05. The van der Waals surface area contributed by atoms with Gasteiger partial charge in [0.15, 0.2) is 5.82 Å². The zero-order chi connectivity index (χ0) is 25.4. The number of fused-ring (bicyclic) bond motifs is 1. The van der Waals surface area contributed by atoms with Crippen molar-refractivity contribution in [2.75, 3.05) is 51.2 Å². The number of aromatic nitrogens is 3. The van der Waals surface area contributed by atoms with Gasteiger partial charge in [-0.3, -0.25) is 4.90 Å². The molecule has 4 heterocycles. The fourth-order valence-electron chi connectivity index (χ4n) is 5.47. The van der Waals surface area contributed by atoms with E-state index in [1.165, 1.54) is 19.3 Å². The molecule has 1 aromatic carbocycles. The minimum Gasteiger partial charge on any atom is -0.419 e. The van der Waals surface area contributed by atoms with Crippen molar-refractivity contribution in [3.05, 3.63) is 58.1 Å². The van der Waals surface area contributed by atoms with Crippen LogP contribution in [0, 0.1) is 11.8 Å². The lowest BCUT2D eigenvalue weighted by molar-refractivity contribution is 0.266. The number of hydrogen-bond donors (Lipinski definition) is 0. The number of likely N-dealkylation sites (N-methyl/N-ethyl adjacent to an activating group) is 1. The Kier molecular flexibility index (Phi) is 7.21. The number of pyridine rings is 1. The number of nitrogens with zero attached hydrogens (tertiary/aromatic N) is 6. The smallest absolute Gasteiger partial charge is 0.240 e. The van der Waals surface area contributed by atoms with E-state index in [1.807, 2.05) is 30.3 Å². The largest absolute Gasteiger partial charge is 0.419 e. The van der Waals surface area contributed by atoms with Crippen LogP contribution in [0.1, 0.15) is 24.8 Å². The van der Waals surface area contributed by atoms with Gasteiger partial charge in [0.25, 0.3) is 0 Å². The number of rotatable bonds is 6. The lowest BCUT2D eigenvalue weighted by Crippen LogP contribution is -2.44. The highest BCUT2D eigenvalue weighted by atomic mass is 35.5. The Morgan fingerprint density at radius 2 is 1.57 bits per heavy atom. The van der Waals surface area contributed by atoms with Gasteiger partial charge in [-0.2, -0.15) is 0 Å². The number of ether oxygens (including phenoxy) is 1. The molecular formula is C28H32Cl2N6O. The van der Waals surface area contributed by atoms with Gasteiger partial charge in [0.1, 0.15) is 0 Å². The van der Waals surface area contributed by atoms with E-state index in [0.717, 1.165) is 80.3 Å². The zero-order valence-corrected chi connectivity index (χ0v) is 22.6. The van der Waals surface area contributed by atoms with Gasteiger partial charge in [0, 0.05) is 60.5 Å². The van der Waals surface area contributed by atoms with Gasteiger partial charge in [0.2, 0.25) is 11.8 Å². The van der Waals surface area contributed by atoms with Gasteiger partial charge >= 0.3 is 0 Å². The van der Waals surface area contributed by atoms with Crippen LogP contribution < -0.4 is 9.64 Å². The maximum Gasteiger partial charge on any atom is 0.240 e. The predicted molar refractivity (Wildman–Crippen MR) is 148 cm³/mol. The molecule has 0 radical (unpaired) electrons. The summed E-state index contributed by atoms with van der Waals surface area (Å²) < 4.78 is 6.14. The SMILES string of the molecule is CN1CCN(c2ccc(Oc3cc(CN4CC[C@@H]5C[C@@H]5CC4)cc(-c4cc(Cl)cc(Cl)c4)n3)nn2)CC1. The summed E-state index contributed by atoms with van der Waals surface area (Å²) in [6.07, 6.45) is 4.02. The first-order valence-corrected chi connectivity index (χ1v) is 13.9. The lowest BCUT2D eigenvalue weighted by Gasteiger charge is -2.32. The highest BCUT2D eigenvalue weighted by molar-refractivity contribution is 6.35. The number of anilines is 1. The summed E-state index contributed by atoms with van der Waals surface area (Å²) in [5.74, 6) is 3.67. The average molecular weight is 540 g/mol. The third kappa shape index (κ3) is 6.17. The molecule has 9 heteroatoms. The molecule has 3 fully saturated rings. The third-order valence-corrected chi connectivity index (χ3v) is 8.23. The summed E-state index contributed by atoms with van der Waals surface area (Å²) in [7, 11) is 2.14. The second kappa shape index (κ2) is 10.7. The number of hydrogen-bond acceptors (Lipinski definition) is 7. The van der Waals surface area contributed by atoms with E-state index in [2.05, 4.69) is 38.0 Å². The van der Waals surface area contributed by atoms with Crippen molar-refractivity contribution in [2.24, 2.45) is 11.8 Å². The van der Waals surface area contributed by atoms with Crippen LogP contribution >= 0.6 is 23.2 Å². The van der Waals surface area contributed by atoms with Gasteiger partial charge in [-0.15, -0.1) is 10.2 Å². The van der Waals surface area contributed by atoms with Crippen LogP contribution in [0.2, 0.25) is 10.0 Å². The Balaban J connectivity index is 1.24. The quantitative estimate of drug-likeness (QED) is 0.403. The first kappa shape index (κ1) is 24.9. The molecule has 2 aliphatic heterocycles. The first-order chi connectivity index (χ1) is 18.0. The number of benzene rings is 1. The van der Waals surface area contributed by atoms with Crippen LogP contribution in [0.3, 0.4) is 0 Å². The lowest BCUT2D eigenvalue weighted by atomic mass is 10.1. The molecule has 2 saturated heterocycles. The van der Waals surface area contributed by atoms with E-state index in [-0.39, 0.29) is 0 Å². The normalized spacial score (nSPS) is 22.4. The first-order valence-electron chi connectivity index (χ1n) is 13.1. The van der Waals surface area contributed by atoms with Gasteiger partial charge < -0.3 is 14.5 Å². The molecule has 2 atom stereocenters. The van der Waals surface area contributed by atoms with E-state index in [1.54, 1.807) is 6.07 Å². The van der Waals surface area contributed by atoms with E-state index in [9.17, 15) is 0 Å². The summed E-state index contributed by atoms with van der Waals surface area (Å²) in [4.78, 5) is 11.9. The van der Waals surface area contributed by atoms with Crippen molar-refractivity contribution in [1.29, 1.82) is 0 Å². The Bertz CT molecular complexity index is 1220. The van der Waals surface area contributed by atoms with Crippen LogP contribution in [-0.2, 0) is 6.54 Å². The second-order valence-corrected chi connectivity index (χ2v) is 11.5. The topological polar surface area (TPSA) is 57.6 Å². The molecular weight excluding hydrogens is 507 g/mol. The Morgan fingerprint density at radius 1 is 0.838 bits per heavy atom. The molecule has 3 aliphatic rings. The van der Waals surface area contributed by atoms with E-state index in [0.29, 0.717) is 21.8 Å². The summed E-state index contributed by atoms with van der Waals surface area (Å²) in [6, 6.07) is 13.5. The molecule has 0 amide bonds. The van der Waals surface area contributed by atoms with Crippen molar-refractivity contribution in [3.8, 4) is 23.0 Å². The van der Waals surface area contributed by atoms with Crippen molar-refractivity contribution >= 4 is 29.0 Å². The van der Waals surface area contributed by atoms with Crippen LogP contribution in [0.4, 0.5) is 5.82 Å². The second-order valence-electron chi connectivity index (χ2n) is 10.6. The minimum atomic E-state index is 0.424. The van der Waals surface area contributed by atoms with Gasteiger partial charge in [-0.25, -0.2) is 4.98 Å². The fraction of sp³-hybridized carbons (Fsp3) is 0.464. The van der Waals surface area contributed by atoms with Crippen molar-refractivity contribution < 1.29 is 4.74 Å². The highest BCUT2D eigenvalue weighted by Gasteiger charge is 2.38. The third-order valence-electron chi connectivity index (χ3n) is 7.79.